The summed E-state index contributed by atoms with van der Waals surface area (Å²) in [5.41, 5.74) is 0. The Balaban J connectivity index is 0.000000252. The third-order valence-electron chi connectivity index (χ3n) is 1.34. The molecule has 6 nitrogen and oxygen atoms in total. The zero-order valence-electron chi connectivity index (χ0n) is 7.51. The van der Waals surface area contributed by atoms with Crippen LogP contribution in [0.5, 0.6) is 0 Å². The van der Waals surface area contributed by atoms with E-state index in [-0.39, 0.29) is 0 Å². The van der Waals surface area contributed by atoms with Gasteiger partial charge in [0.05, 0.1) is 6.67 Å². The first-order chi connectivity index (χ1) is 5.83. The Kier molecular flexibility index (Phi) is 4.92. The second kappa shape index (κ2) is 5.17. The Hall–Kier alpha value is -0.638. The predicted octanol–water partition coefficient (Wildman–Crippen LogP) is -0.233. The monoisotopic (exact) mass is 364 g/mol. The van der Waals surface area contributed by atoms with E-state index in [4.69, 9.17) is 14.2 Å². The molecule has 1 aliphatic rings. The topological polar surface area (TPSA) is 77.9 Å². The van der Waals surface area contributed by atoms with Crippen LogP contribution < -0.4 is 0 Å². The van der Waals surface area contributed by atoms with Crippen molar-refractivity contribution in [1.29, 1.82) is 0 Å². The van der Waals surface area contributed by atoms with Gasteiger partial charge in [0.25, 0.3) is 0 Å². The SMILES string of the molecule is CCN1C=CN(C)C1.[O]=[Re](=[O])(=[O])[OH]. The number of hydrogen-bond acceptors (Lipinski definition) is 5. The second-order valence-electron chi connectivity index (χ2n) is 2.50. The number of nitrogens with zero attached hydrogens (tertiary/aromatic N) is 2. The van der Waals surface area contributed by atoms with Gasteiger partial charge in [0, 0.05) is 26.0 Å². The molecule has 78 valence electrons. The molecule has 0 fully saturated rings. The van der Waals surface area contributed by atoms with Crippen LogP contribution in [0.4, 0.5) is 0 Å². The third kappa shape index (κ3) is 9.28. The van der Waals surface area contributed by atoms with Gasteiger partial charge in [-0.3, -0.25) is 0 Å². The van der Waals surface area contributed by atoms with Gasteiger partial charge >= 0.3 is 30.0 Å². The van der Waals surface area contributed by atoms with E-state index in [1.807, 2.05) is 0 Å². The molecule has 7 heteroatoms. The summed E-state index contributed by atoms with van der Waals surface area (Å²) in [4.78, 5) is 4.41. The third-order valence-corrected chi connectivity index (χ3v) is 1.34. The maximum atomic E-state index is 8.75. The molecule has 0 radical (unpaired) electrons. The van der Waals surface area contributed by atoms with Crippen LogP contribution in [-0.4, -0.2) is 33.9 Å². The van der Waals surface area contributed by atoms with Crippen molar-refractivity contribution in [3.63, 3.8) is 0 Å². The van der Waals surface area contributed by atoms with Crippen LogP contribution in [0.1, 0.15) is 6.92 Å². The van der Waals surface area contributed by atoms with Crippen LogP contribution >= 0.6 is 0 Å². The summed E-state index contributed by atoms with van der Waals surface area (Å²) >= 11 is -5.86. The molecule has 0 unspecified atom stereocenters. The van der Waals surface area contributed by atoms with E-state index >= 15 is 0 Å². The molecule has 1 aliphatic heterocycles. The van der Waals surface area contributed by atoms with Gasteiger partial charge in [-0.2, -0.15) is 0 Å². The average molecular weight is 363 g/mol. The average Bonchev–Trinajstić information content (AvgIpc) is 2.31. The summed E-state index contributed by atoms with van der Waals surface area (Å²) in [7, 11) is 2.08. The number of rotatable bonds is 1. The van der Waals surface area contributed by atoms with Gasteiger partial charge in [0.1, 0.15) is 0 Å². The molecule has 0 saturated heterocycles. The van der Waals surface area contributed by atoms with E-state index in [0.717, 1.165) is 13.2 Å². The summed E-state index contributed by atoms with van der Waals surface area (Å²) < 4.78 is 33.3. The summed E-state index contributed by atoms with van der Waals surface area (Å²) in [5, 5.41) is 0. The van der Waals surface area contributed by atoms with Crippen LogP contribution in [0, 0.1) is 0 Å². The van der Waals surface area contributed by atoms with Crippen LogP contribution in [0.2, 0.25) is 0 Å². The molecule has 0 aromatic rings. The fourth-order valence-electron chi connectivity index (χ4n) is 0.794. The molecule has 0 bridgehead atoms. The maximum absolute atomic E-state index is 8.75. The Morgan fingerprint density at radius 1 is 1.38 bits per heavy atom. The van der Waals surface area contributed by atoms with Crippen molar-refractivity contribution >= 4 is 0 Å². The molecule has 0 aromatic carbocycles. The van der Waals surface area contributed by atoms with Crippen molar-refractivity contribution in [2.75, 3.05) is 20.3 Å². The molecule has 0 atom stereocenters. The van der Waals surface area contributed by atoms with E-state index in [1.54, 1.807) is 0 Å². The Labute approximate surface area is 79.8 Å². The van der Waals surface area contributed by atoms with Crippen LogP contribution in [-0.2, 0) is 26.2 Å². The standard InChI is InChI=1S/C6H12N2.H2O.3O.Re/c1-3-8-5-4-7(2)6-8;;;;;/h4-5H,3,6H2,1-2H3;1H2;;;;/q;;;;;+1/p-1. The van der Waals surface area contributed by atoms with Gasteiger partial charge < -0.3 is 9.80 Å². The Morgan fingerprint density at radius 3 is 2.00 bits per heavy atom. The molecule has 0 saturated carbocycles. The molecule has 1 rings (SSSR count). The summed E-state index contributed by atoms with van der Waals surface area (Å²) in [6, 6.07) is 0. The first-order valence-electron chi connectivity index (χ1n) is 3.58. The van der Waals surface area contributed by atoms with Gasteiger partial charge in [-0.15, -0.1) is 0 Å². The molecule has 1 N–H and O–H groups in total. The van der Waals surface area contributed by atoms with E-state index in [9.17, 15) is 0 Å². The predicted molar refractivity (Wildman–Crippen MR) is 38.4 cm³/mol. The minimum absolute atomic E-state index is 1.05. The van der Waals surface area contributed by atoms with Crippen LogP contribution in [0.3, 0.4) is 0 Å². The van der Waals surface area contributed by atoms with Crippen molar-refractivity contribution in [3.8, 4) is 0 Å². The fraction of sp³-hybridized carbons (Fsp3) is 0.667. The Bertz CT molecular complexity index is 301. The van der Waals surface area contributed by atoms with Crippen molar-refractivity contribution in [2.24, 2.45) is 0 Å². The molecule has 13 heavy (non-hydrogen) atoms. The van der Waals surface area contributed by atoms with Gasteiger partial charge in [-0.25, -0.2) is 0 Å². The van der Waals surface area contributed by atoms with Crippen LogP contribution in [0.15, 0.2) is 12.4 Å². The van der Waals surface area contributed by atoms with Crippen molar-refractivity contribution in [1.82, 2.24) is 9.80 Å². The molecular formula is C6H13N2O4Re. The normalized spacial score (nSPS) is 15.6. The fourth-order valence-corrected chi connectivity index (χ4v) is 0.794. The Morgan fingerprint density at radius 2 is 1.85 bits per heavy atom. The van der Waals surface area contributed by atoms with Gasteiger partial charge in [0.15, 0.2) is 0 Å². The first kappa shape index (κ1) is 12.4. The first-order valence-corrected chi connectivity index (χ1v) is 8.13. The van der Waals surface area contributed by atoms with Crippen molar-refractivity contribution in [2.45, 2.75) is 6.92 Å². The van der Waals surface area contributed by atoms with Gasteiger partial charge in [-0.05, 0) is 6.92 Å². The van der Waals surface area contributed by atoms with E-state index in [1.165, 1.54) is 0 Å². The second-order valence-corrected chi connectivity index (χ2v) is 5.34. The van der Waals surface area contributed by atoms with E-state index < -0.39 is 15.8 Å². The minimum atomic E-state index is -5.86. The van der Waals surface area contributed by atoms with Crippen molar-refractivity contribution < 1.29 is 30.0 Å². The summed E-state index contributed by atoms with van der Waals surface area (Å²) in [6.45, 7) is 4.32. The zero-order chi connectivity index (χ0) is 10.5. The molecule has 1 heterocycles. The molecular weight excluding hydrogens is 350 g/mol. The van der Waals surface area contributed by atoms with E-state index in [0.29, 0.717) is 0 Å². The molecule has 0 aromatic heterocycles. The van der Waals surface area contributed by atoms with Crippen molar-refractivity contribution in [3.05, 3.63) is 12.4 Å². The summed E-state index contributed by atoms with van der Waals surface area (Å²) in [6.07, 6.45) is 4.20. The number of hydrogen-bond donors (Lipinski definition) is 1. The van der Waals surface area contributed by atoms with Crippen LogP contribution in [0.25, 0.3) is 0 Å². The van der Waals surface area contributed by atoms with Gasteiger partial charge in [0.2, 0.25) is 0 Å². The quantitative estimate of drug-likeness (QED) is 0.693. The zero-order valence-corrected chi connectivity index (χ0v) is 10.2. The molecule has 0 aliphatic carbocycles. The molecule has 0 spiro atoms. The van der Waals surface area contributed by atoms with Gasteiger partial charge in [-0.1, -0.05) is 0 Å². The van der Waals surface area contributed by atoms with E-state index in [2.05, 4.69) is 36.2 Å². The molecule has 0 amide bonds. The summed E-state index contributed by atoms with van der Waals surface area (Å²) in [5.74, 6) is 0.